The smallest absolute Gasteiger partial charge is 0.226 e. The van der Waals surface area contributed by atoms with Crippen LogP contribution in [0.4, 0.5) is 0 Å². The Balaban J connectivity index is 1.44. The van der Waals surface area contributed by atoms with E-state index in [1.807, 2.05) is 41.8 Å². The predicted molar refractivity (Wildman–Crippen MR) is 92.5 cm³/mol. The maximum absolute atomic E-state index is 12.0. The number of hydrogen-bond donors (Lipinski definition) is 2. The van der Waals surface area contributed by atoms with Crippen LogP contribution in [-0.2, 0) is 11.2 Å². The first-order valence-electron chi connectivity index (χ1n) is 7.69. The molecule has 0 bridgehead atoms. The summed E-state index contributed by atoms with van der Waals surface area (Å²) in [6.07, 6.45) is 3.37. The summed E-state index contributed by atoms with van der Waals surface area (Å²) in [7, 11) is 0. The topological polar surface area (TPSA) is 75.4 Å². The van der Waals surface area contributed by atoms with Crippen molar-refractivity contribution in [2.24, 2.45) is 0 Å². The second-order valence-corrected chi connectivity index (χ2v) is 6.26. The molecule has 2 heterocycles. The molecule has 1 unspecified atom stereocenters. The van der Waals surface area contributed by atoms with Crippen LogP contribution < -0.4 is 5.32 Å². The van der Waals surface area contributed by atoms with Crippen LogP contribution in [-0.4, -0.2) is 22.5 Å². The number of nitrogens with zero attached hydrogens (tertiary/aromatic N) is 1. The Morgan fingerprint density at radius 1 is 1.29 bits per heavy atom. The van der Waals surface area contributed by atoms with Gasteiger partial charge in [-0.3, -0.25) is 4.79 Å². The molecule has 0 saturated carbocycles. The Morgan fingerprint density at radius 3 is 2.88 bits per heavy atom. The van der Waals surface area contributed by atoms with Gasteiger partial charge in [-0.25, -0.2) is 4.98 Å². The monoisotopic (exact) mass is 342 g/mol. The second-order valence-electron chi connectivity index (χ2n) is 5.40. The van der Waals surface area contributed by atoms with Crippen LogP contribution in [0.1, 0.15) is 23.8 Å². The van der Waals surface area contributed by atoms with Crippen LogP contribution >= 0.6 is 11.3 Å². The molecule has 2 aromatic heterocycles. The number of furan rings is 1. The molecule has 5 nitrogen and oxygen atoms in total. The molecule has 0 fully saturated rings. The van der Waals surface area contributed by atoms with E-state index in [0.29, 0.717) is 13.0 Å². The first-order valence-corrected chi connectivity index (χ1v) is 8.57. The van der Waals surface area contributed by atoms with Crippen molar-refractivity contribution in [2.75, 3.05) is 6.54 Å². The zero-order valence-corrected chi connectivity index (χ0v) is 13.8. The molecule has 0 spiro atoms. The largest absolute Gasteiger partial charge is 0.472 e. The normalized spacial score (nSPS) is 12.0. The number of aliphatic hydroxyl groups excluding tert-OH is 1. The summed E-state index contributed by atoms with van der Waals surface area (Å²) in [6, 6.07) is 11.3. The van der Waals surface area contributed by atoms with Crippen LogP contribution in [0.5, 0.6) is 0 Å². The first kappa shape index (κ1) is 16.4. The third-order valence-corrected chi connectivity index (χ3v) is 4.53. The molecule has 0 aliphatic heterocycles. The zero-order valence-electron chi connectivity index (χ0n) is 13.0. The Kier molecular flexibility index (Phi) is 5.40. The van der Waals surface area contributed by atoms with Gasteiger partial charge in [-0.1, -0.05) is 30.3 Å². The van der Waals surface area contributed by atoms with Crippen molar-refractivity contribution in [3.8, 4) is 10.6 Å². The Hall–Kier alpha value is -2.44. The van der Waals surface area contributed by atoms with Crippen LogP contribution in [0.15, 0.2) is 58.7 Å². The number of hydrogen-bond acceptors (Lipinski definition) is 5. The van der Waals surface area contributed by atoms with E-state index in [2.05, 4.69) is 10.3 Å². The molecular weight excluding hydrogens is 324 g/mol. The second kappa shape index (κ2) is 7.90. The van der Waals surface area contributed by atoms with Gasteiger partial charge >= 0.3 is 0 Å². The van der Waals surface area contributed by atoms with Gasteiger partial charge in [0.05, 0.1) is 24.5 Å². The highest BCUT2D eigenvalue weighted by molar-refractivity contribution is 7.13. The average molecular weight is 342 g/mol. The van der Waals surface area contributed by atoms with E-state index in [1.165, 1.54) is 11.3 Å². The molecule has 124 valence electrons. The lowest BCUT2D eigenvalue weighted by Gasteiger charge is -2.11. The minimum Gasteiger partial charge on any atom is -0.472 e. The summed E-state index contributed by atoms with van der Waals surface area (Å²) in [5, 5.41) is 15.6. The highest BCUT2D eigenvalue weighted by Crippen LogP contribution is 2.24. The fraction of sp³-hybridized carbons (Fsp3) is 0.222. The van der Waals surface area contributed by atoms with Gasteiger partial charge in [0.25, 0.3) is 0 Å². The number of aliphatic hydroxyl groups is 1. The summed E-state index contributed by atoms with van der Waals surface area (Å²) in [6.45, 7) is 0.424. The van der Waals surface area contributed by atoms with Gasteiger partial charge in [0.15, 0.2) is 0 Å². The highest BCUT2D eigenvalue weighted by Gasteiger charge is 2.11. The predicted octanol–water partition coefficient (Wildman–Crippen LogP) is 3.19. The summed E-state index contributed by atoms with van der Waals surface area (Å²) < 4.78 is 5.03. The quantitative estimate of drug-likeness (QED) is 0.691. The van der Waals surface area contributed by atoms with Crippen molar-refractivity contribution in [3.63, 3.8) is 0 Å². The fourth-order valence-corrected chi connectivity index (χ4v) is 3.13. The van der Waals surface area contributed by atoms with Gasteiger partial charge in [0, 0.05) is 17.5 Å². The van der Waals surface area contributed by atoms with Crippen molar-refractivity contribution in [2.45, 2.75) is 18.9 Å². The van der Waals surface area contributed by atoms with Crippen molar-refractivity contribution in [1.82, 2.24) is 10.3 Å². The number of carbonyl (C=O) groups is 1. The van der Waals surface area contributed by atoms with E-state index in [-0.39, 0.29) is 12.3 Å². The molecule has 0 saturated heterocycles. The maximum atomic E-state index is 12.0. The lowest BCUT2D eigenvalue weighted by molar-refractivity contribution is -0.120. The maximum Gasteiger partial charge on any atom is 0.226 e. The van der Waals surface area contributed by atoms with E-state index in [1.54, 1.807) is 12.5 Å². The standard InChI is InChI=1S/C18H18N2O3S/c21-16(13-4-2-1-3-5-13)6-8-19-17(22)10-15-12-24-18(20-15)14-7-9-23-11-14/h1-5,7,9,11-12,16,21H,6,8,10H2,(H,19,22). The van der Waals surface area contributed by atoms with E-state index >= 15 is 0 Å². The molecular formula is C18H18N2O3S. The van der Waals surface area contributed by atoms with E-state index < -0.39 is 6.10 Å². The molecule has 0 aliphatic carbocycles. The van der Waals surface area contributed by atoms with Crippen molar-refractivity contribution in [3.05, 3.63) is 65.6 Å². The van der Waals surface area contributed by atoms with Crippen molar-refractivity contribution >= 4 is 17.2 Å². The van der Waals surface area contributed by atoms with Gasteiger partial charge in [0.1, 0.15) is 11.3 Å². The zero-order chi connectivity index (χ0) is 16.8. The average Bonchev–Trinajstić information content (AvgIpc) is 3.27. The molecule has 1 aromatic carbocycles. The van der Waals surface area contributed by atoms with Crippen molar-refractivity contribution < 1.29 is 14.3 Å². The third kappa shape index (κ3) is 4.31. The van der Waals surface area contributed by atoms with E-state index in [9.17, 15) is 9.90 Å². The molecule has 0 radical (unpaired) electrons. The fourth-order valence-electron chi connectivity index (χ4n) is 2.32. The first-order chi connectivity index (χ1) is 11.7. The lowest BCUT2D eigenvalue weighted by Crippen LogP contribution is -2.27. The van der Waals surface area contributed by atoms with Crippen LogP contribution in [0.3, 0.4) is 0 Å². The third-order valence-electron chi connectivity index (χ3n) is 3.59. The van der Waals surface area contributed by atoms with Gasteiger partial charge < -0.3 is 14.8 Å². The Morgan fingerprint density at radius 2 is 2.12 bits per heavy atom. The molecule has 3 aromatic rings. The molecule has 1 atom stereocenters. The summed E-state index contributed by atoms with van der Waals surface area (Å²) in [4.78, 5) is 16.4. The van der Waals surface area contributed by atoms with Gasteiger partial charge in [-0.15, -0.1) is 11.3 Å². The number of aromatic nitrogens is 1. The molecule has 24 heavy (non-hydrogen) atoms. The Bertz CT molecular complexity index is 769. The lowest BCUT2D eigenvalue weighted by atomic mass is 10.1. The molecule has 6 heteroatoms. The number of amides is 1. The van der Waals surface area contributed by atoms with Crippen LogP contribution in [0.25, 0.3) is 10.6 Å². The molecule has 2 N–H and O–H groups in total. The highest BCUT2D eigenvalue weighted by atomic mass is 32.1. The summed E-state index contributed by atoms with van der Waals surface area (Å²) >= 11 is 1.48. The molecule has 3 rings (SSSR count). The SMILES string of the molecule is O=C(Cc1csc(-c2ccoc2)n1)NCCC(O)c1ccccc1. The van der Waals surface area contributed by atoms with E-state index in [0.717, 1.165) is 21.8 Å². The molecule has 1 amide bonds. The Labute approximate surface area is 144 Å². The number of rotatable bonds is 7. The minimum atomic E-state index is -0.571. The van der Waals surface area contributed by atoms with E-state index in [4.69, 9.17) is 4.42 Å². The van der Waals surface area contributed by atoms with Gasteiger partial charge in [-0.05, 0) is 18.1 Å². The van der Waals surface area contributed by atoms with Crippen molar-refractivity contribution in [1.29, 1.82) is 0 Å². The summed E-state index contributed by atoms with van der Waals surface area (Å²) in [5.74, 6) is -0.0979. The van der Waals surface area contributed by atoms with Crippen LogP contribution in [0.2, 0.25) is 0 Å². The molecule has 0 aliphatic rings. The number of benzene rings is 1. The van der Waals surface area contributed by atoms with Gasteiger partial charge in [-0.2, -0.15) is 0 Å². The number of thiazole rings is 1. The van der Waals surface area contributed by atoms with Crippen LogP contribution in [0, 0.1) is 0 Å². The minimum absolute atomic E-state index is 0.0979. The number of carbonyl (C=O) groups excluding carboxylic acids is 1. The summed E-state index contributed by atoms with van der Waals surface area (Å²) in [5.41, 5.74) is 2.51. The number of nitrogens with one attached hydrogen (secondary N) is 1. The van der Waals surface area contributed by atoms with Gasteiger partial charge in [0.2, 0.25) is 5.91 Å².